The third-order valence-corrected chi connectivity index (χ3v) is 6.71. The van der Waals surface area contributed by atoms with Crippen LogP contribution >= 0.6 is 23.4 Å². The Balaban J connectivity index is 1.81. The first-order valence-electron chi connectivity index (χ1n) is 10.5. The van der Waals surface area contributed by atoms with Crippen molar-refractivity contribution in [1.82, 2.24) is 14.9 Å². The summed E-state index contributed by atoms with van der Waals surface area (Å²) in [6.45, 7) is 2.67. The van der Waals surface area contributed by atoms with Gasteiger partial charge in [-0.25, -0.2) is 4.98 Å². The van der Waals surface area contributed by atoms with Crippen molar-refractivity contribution >= 4 is 40.2 Å². The Labute approximate surface area is 186 Å². The van der Waals surface area contributed by atoms with Crippen LogP contribution in [0, 0.1) is 11.3 Å². The number of nitrogens with one attached hydrogen (secondary N) is 1. The average molecular weight is 447 g/mol. The maximum absolute atomic E-state index is 13.0. The van der Waals surface area contributed by atoms with Crippen molar-refractivity contribution in [3.8, 4) is 6.07 Å². The van der Waals surface area contributed by atoms with Gasteiger partial charge in [0.2, 0.25) is 5.91 Å². The van der Waals surface area contributed by atoms with Crippen LogP contribution in [0.3, 0.4) is 0 Å². The van der Waals surface area contributed by atoms with Gasteiger partial charge in [-0.3, -0.25) is 14.2 Å². The Bertz CT molecular complexity index is 1010. The van der Waals surface area contributed by atoms with Crippen molar-refractivity contribution in [2.75, 3.05) is 5.75 Å². The quantitative estimate of drug-likeness (QED) is 0.361. The van der Waals surface area contributed by atoms with Crippen molar-refractivity contribution in [1.29, 1.82) is 5.26 Å². The van der Waals surface area contributed by atoms with Crippen LogP contribution in [0.1, 0.15) is 58.3 Å². The maximum Gasteiger partial charge on any atom is 0.262 e. The summed E-state index contributed by atoms with van der Waals surface area (Å²) in [5.74, 6) is -0.0978. The molecule has 3 rings (SSSR count). The standard InChI is InChI=1S/C22H27ClN4O2S/c1-2-3-7-12-27-20(29)17-9-8-16(23)13-18(17)25-21(27)30-14-19(28)26-22(15-24)10-5-4-6-11-22/h8-9,13H,2-7,10-12,14H2,1H3,(H,26,28). The van der Waals surface area contributed by atoms with E-state index in [9.17, 15) is 14.9 Å². The topological polar surface area (TPSA) is 87.8 Å². The lowest BCUT2D eigenvalue weighted by Gasteiger charge is -2.31. The largest absolute Gasteiger partial charge is 0.337 e. The van der Waals surface area contributed by atoms with Gasteiger partial charge in [-0.2, -0.15) is 5.26 Å². The second-order valence-electron chi connectivity index (χ2n) is 7.81. The molecule has 0 atom stereocenters. The van der Waals surface area contributed by atoms with Gasteiger partial charge in [0.25, 0.3) is 5.56 Å². The zero-order valence-electron chi connectivity index (χ0n) is 17.2. The molecule has 1 heterocycles. The molecule has 0 unspecified atom stereocenters. The van der Waals surface area contributed by atoms with Crippen LogP contribution < -0.4 is 10.9 Å². The number of carbonyl (C=O) groups excluding carboxylic acids is 1. The molecule has 0 bridgehead atoms. The molecule has 1 saturated carbocycles. The molecule has 1 aromatic carbocycles. The summed E-state index contributed by atoms with van der Waals surface area (Å²) in [5, 5.41) is 14.1. The summed E-state index contributed by atoms with van der Waals surface area (Å²) in [6.07, 6.45) is 7.31. The number of rotatable bonds is 8. The second-order valence-corrected chi connectivity index (χ2v) is 9.19. The summed E-state index contributed by atoms with van der Waals surface area (Å²) in [7, 11) is 0. The van der Waals surface area contributed by atoms with Crippen molar-refractivity contribution in [2.24, 2.45) is 0 Å². The molecule has 1 aromatic heterocycles. The van der Waals surface area contributed by atoms with E-state index in [0.717, 1.165) is 38.5 Å². The van der Waals surface area contributed by atoms with Crippen molar-refractivity contribution in [3.63, 3.8) is 0 Å². The SMILES string of the molecule is CCCCCn1c(SCC(=O)NC2(C#N)CCCCC2)nc2cc(Cl)ccc2c1=O. The fraction of sp³-hybridized carbons (Fsp3) is 0.545. The number of unbranched alkanes of at least 4 members (excludes halogenated alkanes) is 2. The molecule has 8 heteroatoms. The van der Waals surface area contributed by atoms with Crippen LogP contribution in [-0.4, -0.2) is 26.8 Å². The summed E-state index contributed by atoms with van der Waals surface area (Å²) in [5.41, 5.74) is -0.347. The highest BCUT2D eigenvalue weighted by molar-refractivity contribution is 7.99. The minimum Gasteiger partial charge on any atom is -0.337 e. The van der Waals surface area contributed by atoms with E-state index in [0.29, 0.717) is 40.5 Å². The summed E-state index contributed by atoms with van der Waals surface area (Å²) >= 11 is 7.32. The minimum absolute atomic E-state index is 0.107. The summed E-state index contributed by atoms with van der Waals surface area (Å²) < 4.78 is 1.66. The number of nitrogens with zero attached hydrogens (tertiary/aromatic N) is 3. The van der Waals surface area contributed by atoms with E-state index < -0.39 is 5.54 Å². The van der Waals surface area contributed by atoms with Gasteiger partial charge >= 0.3 is 0 Å². The molecule has 0 saturated heterocycles. The van der Waals surface area contributed by atoms with Crippen LogP contribution in [-0.2, 0) is 11.3 Å². The van der Waals surface area contributed by atoms with Crippen molar-refractivity contribution in [3.05, 3.63) is 33.6 Å². The van der Waals surface area contributed by atoms with Gasteiger partial charge in [0.15, 0.2) is 5.16 Å². The van der Waals surface area contributed by atoms with E-state index in [-0.39, 0.29) is 17.2 Å². The third kappa shape index (κ3) is 5.35. The molecule has 1 amide bonds. The normalized spacial score (nSPS) is 15.6. The molecule has 1 fully saturated rings. The first-order valence-corrected chi connectivity index (χ1v) is 11.9. The van der Waals surface area contributed by atoms with Gasteiger partial charge in [-0.1, -0.05) is 62.4 Å². The van der Waals surface area contributed by atoms with Crippen LogP contribution in [0.4, 0.5) is 0 Å². The number of nitriles is 1. The number of carbonyl (C=O) groups is 1. The zero-order valence-corrected chi connectivity index (χ0v) is 18.8. The Morgan fingerprint density at radius 2 is 2.10 bits per heavy atom. The Hall–Kier alpha value is -2.04. The molecule has 0 spiro atoms. The van der Waals surface area contributed by atoms with Crippen LogP contribution in [0.2, 0.25) is 5.02 Å². The molecule has 1 aliphatic rings. The molecule has 0 aliphatic heterocycles. The van der Waals surface area contributed by atoms with Crippen LogP contribution in [0.5, 0.6) is 0 Å². The molecule has 1 N–H and O–H groups in total. The molecule has 1 aliphatic carbocycles. The fourth-order valence-electron chi connectivity index (χ4n) is 3.85. The first-order chi connectivity index (χ1) is 14.5. The Morgan fingerprint density at radius 1 is 1.33 bits per heavy atom. The number of hydrogen-bond acceptors (Lipinski definition) is 5. The molecular formula is C22H27ClN4O2S. The molecule has 30 heavy (non-hydrogen) atoms. The summed E-state index contributed by atoms with van der Waals surface area (Å²) in [6, 6.07) is 7.37. The highest BCUT2D eigenvalue weighted by atomic mass is 35.5. The highest BCUT2D eigenvalue weighted by Gasteiger charge is 2.33. The molecule has 6 nitrogen and oxygen atoms in total. The van der Waals surface area contributed by atoms with Gasteiger partial charge in [-0.15, -0.1) is 0 Å². The van der Waals surface area contributed by atoms with E-state index in [1.54, 1.807) is 22.8 Å². The minimum atomic E-state index is -0.763. The monoisotopic (exact) mass is 446 g/mol. The zero-order chi connectivity index (χ0) is 21.6. The van der Waals surface area contributed by atoms with Crippen molar-refractivity contribution in [2.45, 2.75) is 75.5 Å². The van der Waals surface area contributed by atoms with E-state index in [1.165, 1.54) is 11.8 Å². The smallest absolute Gasteiger partial charge is 0.262 e. The number of thioether (sulfide) groups is 1. The molecular weight excluding hydrogens is 420 g/mol. The Morgan fingerprint density at radius 3 is 2.80 bits per heavy atom. The lowest BCUT2D eigenvalue weighted by molar-refractivity contribution is -0.120. The third-order valence-electron chi connectivity index (χ3n) is 5.50. The predicted molar refractivity (Wildman–Crippen MR) is 121 cm³/mol. The lowest BCUT2D eigenvalue weighted by atomic mass is 9.83. The van der Waals surface area contributed by atoms with Gasteiger partial charge in [0.1, 0.15) is 5.54 Å². The lowest BCUT2D eigenvalue weighted by Crippen LogP contribution is -2.49. The van der Waals surface area contributed by atoms with Gasteiger partial charge in [0.05, 0.1) is 22.7 Å². The van der Waals surface area contributed by atoms with E-state index >= 15 is 0 Å². The van der Waals surface area contributed by atoms with Gasteiger partial charge in [-0.05, 0) is 37.5 Å². The first kappa shape index (κ1) is 22.6. The number of aromatic nitrogens is 2. The van der Waals surface area contributed by atoms with E-state index in [4.69, 9.17) is 11.6 Å². The van der Waals surface area contributed by atoms with Gasteiger partial charge < -0.3 is 5.32 Å². The fourth-order valence-corrected chi connectivity index (χ4v) is 4.85. The predicted octanol–water partition coefficient (Wildman–Crippen LogP) is 4.67. The second kappa shape index (κ2) is 10.3. The number of halogens is 1. The average Bonchev–Trinajstić information content (AvgIpc) is 2.74. The van der Waals surface area contributed by atoms with Crippen molar-refractivity contribution < 1.29 is 4.79 Å². The number of amides is 1. The number of hydrogen-bond donors (Lipinski definition) is 1. The van der Waals surface area contributed by atoms with Crippen LogP contribution in [0.15, 0.2) is 28.2 Å². The maximum atomic E-state index is 13.0. The van der Waals surface area contributed by atoms with Gasteiger partial charge in [0, 0.05) is 11.6 Å². The number of fused-ring (bicyclic) bond motifs is 1. The molecule has 0 radical (unpaired) electrons. The Kier molecular flexibility index (Phi) is 7.79. The summed E-state index contributed by atoms with van der Waals surface area (Å²) in [4.78, 5) is 30.3. The van der Waals surface area contributed by atoms with Crippen LogP contribution in [0.25, 0.3) is 10.9 Å². The molecule has 160 valence electrons. The van der Waals surface area contributed by atoms with E-state index in [2.05, 4.69) is 23.3 Å². The highest BCUT2D eigenvalue weighted by Crippen LogP contribution is 2.28. The molecule has 2 aromatic rings. The van der Waals surface area contributed by atoms with E-state index in [1.807, 2.05) is 0 Å². The number of benzene rings is 1.